The molecule has 0 bridgehead atoms. The third kappa shape index (κ3) is 5.20. The molecule has 10 heavy (non-hydrogen) atoms. The van der Waals surface area contributed by atoms with Crippen molar-refractivity contribution in [3.8, 4) is 0 Å². The first kappa shape index (κ1) is 9.06. The molecule has 58 valence electrons. The topological polar surface area (TPSA) is 74.0 Å². The monoisotopic (exact) mass is 144 g/mol. The second kappa shape index (κ2) is 6.18. The molecule has 1 atom stereocenters. The second-order valence-electron chi connectivity index (χ2n) is 1.72. The summed E-state index contributed by atoms with van der Waals surface area (Å²) in [5.74, 6) is 0. The highest BCUT2D eigenvalue weighted by Crippen LogP contribution is 1.67. The third-order valence-electron chi connectivity index (χ3n) is 0.790. The van der Waals surface area contributed by atoms with E-state index in [0.29, 0.717) is 0 Å². The lowest BCUT2D eigenvalue weighted by molar-refractivity contribution is -0.102. The zero-order chi connectivity index (χ0) is 7.82. The molecule has 0 heterocycles. The second-order valence-corrected chi connectivity index (χ2v) is 1.72. The average molecular weight is 144 g/mol. The highest BCUT2D eigenvalue weighted by atomic mass is 15.5. The summed E-state index contributed by atoms with van der Waals surface area (Å²) in [6.45, 7) is 1.92. The van der Waals surface area contributed by atoms with Gasteiger partial charge in [0.25, 0.3) is 0 Å². The molecule has 0 radical (unpaired) electrons. The van der Waals surface area contributed by atoms with E-state index in [9.17, 15) is 0 Å². The van der Waals surface area contributed by atoms with Gasteiger partial charge >= 0.3 is 0 Å². The Morgan fingerprint density at radius 1 is 1.60 bits per heavy atom. The molecule has 5 N–H and O–H groups in total. The summed E-state index contributed by atoms with van der Waals surface area (Å²) in [5, 5.41) is 8.79. The van der Waals surface area contributed by atoms with Gasteiger partial charge in [0.15, 0.2) is 6.21 Å². The van der Waals surface area contributed by atoms with Crippen LogP contribution in [0.2, 0.25) is 0 Å². The minimum Gasteiger partial charge on any atom is -0.292 e. The fourth-order valence-electron chi connectivity index (χ4n) is 0.447. The summed E-state index contributed by atoms with van der Waals surface area (Å²) >= 11 is 0. The van der Waals surface area contributed by atoms with Crippen molar-refractivity contribution in [2.75, 3.05) is 7.05 Å². The van der Waals surface area contributed by atoms with Crippen molar-refractivity contribution in [2.24, 2.45) is 5.10 Å². The van der Waals surface area contributed by atoms with Crippen LogP contribution in [-0.4, -0.2) is 25.6 Å². The van der Waals surface area contributed by atoms with Crippen molar-refractivity contribution in [1.82, 2.24) is 16.3 Å². The zero-order valence-electron chi connectivity index (χ0n) is 6.26. The number of hydrazine groups is 1. The van der Waals surface area contributed by atoms with E-state index in [1.54, 1.807) is 7.05 Å². The molecule has 0 fully saturated rings. The summed E-state index contributed by atoms with van der Waals surface area (Å²) in [4.78, 5) is 0. The van der Waals surface area contributed by atoms with Crippen LogP contribution in [0.1, 0.15) is 6.92 Å². The fraction of sp³-hybridized carbons (Fsp3) is 0.600. The molecule has 1 unspecified atom stereocenters. The summed E-state index contributed by atoms with van der Waals surface area (Å²) in [5.41, 5.74) is 8.41. The lowest BCUT2D eigenvalue weighted by atomic mass is 10.6. The predicted octanol–water partition coefficient (Wildman–Crippen LogP) is -2.54. The smallest absolute Gasteiger partial charge is 0.180 e. The predicted molar refractivity (Wildman–Crippen MR) is 41.3 cm³/mol. The number of nitrogens with one attached hydrogen (secondary N) is 3. The molecule has 0 aliphatic heterocycles. The van der Waals surface area contributed by atoms with Crippen molar-refractivity contribution in [1.29, 1.82) is 0 Å². The average Bonchev–Trinajstić information content (AvgIpc) is 1.89. The van der Waals surface area contributed by atoms with Crippen LogP contribution in [0.15, 0.2) is 5.10 Å². The minimum atomic E-state index is 0.0844. The summed E-state index contributed by atoms with van der Waals surface area (Å²) in [6, 6.07) is 0. The first-order chi connectivity index (χ1) is 4.81. The van der Waals surface area contributed by atoms with Crippen molar-refractivity contribution in [3.63, 3.8) is 0 Å². The van der Waals surface area contributed by atoms with Crippen LogP contribution in [0, 0.1) is 0 Å². The first-order valence-corrected chi connectivity index (χ1v) is 3.05. The number of nitrogens with zero attached hydrogens (tertiary/aromatic N) is 1. The molecule has 0 rings (SSSR count). The highest BCUT2D eigenvalue weighted by molar-refractivity contribution is 6.12. The van der Waals surface area contributed by atoms with Gasteiger partial charge in [-0.3, -0.25) is 16.3 Å². The van der Waals surface area contributed by atoms with Gasteiger partial charge in [-0.15, -0.1) is 0 Å². The molecule has 5 nitrogen and oxygen atoms in total. The van der Waals surface area contributed by atoms with Gasteiger partial charge in [-0.05, 0) is 14.0 Å². The maximum Gasteiger partial charge on any atom is 0.180 e. The molecule has 0 aliphatic rings. The van der Waals surface area contributed by atoms with E-state index in [2.05, 4.69) is 21.4 Å². The van der Waals surface area contributed by atoms with E-state index in [1.165, 1.54) is 12.4 Å². The number of nitrogens with two attached hydrogens (primary N) is 1. The maximum atomic E-state index is 5.04. The molecule has 0 saturated heterocycles. The van der Waals surface area contributed by atoms with E-state index in [-0.39, 0.29) is 6.17 Å². The Morgan fingerprint density at radius 2 is 2.30 bits per heavy atom. The van der Waals surface area contributed by atoms with Gasteiger partial charge in [-0.1, -0.05) is 0 Å². The van der Waals surface area contributed by atoms with Gasteiger partial charge < -0.3 is 0 Å². The molecule has 0 aromatic carbocycles. The molecule has 5 heteroatoms. The Kier molecular flexibility index (Phi) is 5.60. The zero-order valence-corrected chi connectivity index (χ0v) is 6.26. The van der Waals surface area contributed by atoms with Crippen LogP contribution < -0.4 is 21.7 Å². The Balaban J connectivity index is 3.28. The Labute approximate surface area is 60.4 Å². The largest absolute Gasteiger partial charge is 0.292 e. The Morgan fingerprint density at radius 3 is 2.80 bits per heavy atom. The van der Waals surface area contributed by atoms with Crippen LogP contribution in [0.25, 0.3) is 0 Å². The lowest BCUT2D eigenvalue weighted by Crippen LogP contribution is -2.43. The Bertz CT molecular complexity index is 111. The first-order valence-electron chi connectivity index (χ1n) is 3.05. The van der Waals surface area contributed by atoms with Crippen LogP contribution in [0.3, 0.4) is 0 Å². The Hall–Kier alpha value is -0.940. The van der Waals surface area contributed by atoms with E-state index < -0.39 is 0 Å². The fourth-order valence-corrected chi connectivity index (χ4v) is 0.447. The molecule has 0 aliphatic carbocycles. The van der Waals surface area contributed by atoms with Gasteiger partial charge in [0.2, 0.25) is 0 Å². The number of rotatable bonds is 5. The quantitative estimate of drug-likeness (QED) is 0.195. The number of hydrogen-bond acceptors (Lipinski definition) is 4. The van der Waals surface area contributed by atoms with E-state index in [1.807, 2.05) is 6.92 Å². The highest BCUT2D eigenvalue weighted by Gasteiger charge is 1.91. The third-order valence-corrected chi connectivity index (χ3v) is 0.790. The van der Waals surface area contributed by atoms with Gasteiger partial charge in [0.1, 0.15) is 12.4 Å². The molecule has 0 spiro atoms. The van der Waals surface area contributed by atoms with Gasteiger partial charge in [0.05, 0.1) is 0 Å². The molecule has 0 aromatic heterocycles. The van der Waals surface area contributed by atoms with Crippen molar-refractivity contribution >= 4 is 12.4 Å². The van der Waals surface area contributed by atoms with E-state index in [0.717, 1.165) is 0 Å². The maximum absolute atomic E-state index is 5.04. The molecule has 0 amide bonds. The summed E-state index contributed by atoms with van der Waals surface area (Å²) in [7, 11) is 1.79. The van der Waals surface area contributed by atoms with Crippen molar-refractivity contribution < 1.29 is 5.41 Å². The molecule has 0 aromatic rings. The molecule has 0 saturated carbocycles. The van der Waals surface area contributed by atoms with Crippen molar-refractivity contribution in [3.05, 3.63) is 0 Å². The van der Waals surface area contributed by atoms with E-state index in [4.69, 9.17) is 5.41 Å². The van der Waals surface area contributed by atoms with Gasteiger partial charge in [-0.25, -0.2) is 5.43 Å². The van der Waals surface area contributed by atoms with Gasteiger partial charge in [-0.2, -0.15) is 5.10 Å². The lowest BCUT2D eigenvalue weighted by Gasteiger charge is -2.10. The summed E-state index contributed by atoms with van der Waals surface area (Å²) < 4.78 is 0. The molecular formula is C5H14N5+. The van der Waals surface area contributed by atoms with Crippen LogP contribution >= 0.6 is 0 Å². The number of hydrogen-bond donors (Lipinski definition) is 4. The SMILES string of the molecule is CNNC(C)N/N=C\C=[NH2+]. The van der Waals surface area contributed by atoms with Crippen LogP contribution in [-0.2, 0) is 0 Å². The number of hydrazone groups is 1. The van der Waals surface area contributed by atoms with Crippen LogP contribution in [0.4, 0.5) is 0 Å². The summed E-state index contributed by atoms with van der Waals surface area (Å²) in [6.07, 6.45) is 2.92. The molecular weight excluding hydrogens is 130 g/mol. The van der Waals surface area contributed by atoms with E-state index >= 15 is 0 Å². The van der Waals surface area contributed by atoms with Gasteiger partial charge in [0, 0.05) is 0 Å². The van der Waals surface area contributed by atoms with Crippen molar-refractivity contribution in [2.45, 2.75) is 13.1 Å². The minimum absolute atomic E-state index is 0.0844. The van der Waals surface area contributed by atoms with Crippen LogP contribution in [0.5, 0.6) is 0 Å². The standard InChI is InChI=1S/C5H13N5/c1-5(9-7-2)10-8-4-3-6/h3-7,9-10H,1-2H3/p+1/b6-3?,8-4-. The normalized spacial score (nSPS) is 13.4.